The maximum absolute atomic E-state index is 14.6. The van der Waals surface area contributed by atoms with E-state index in [1.165, 1.54) is 18.4 Å². The molecule has 1 aromatic rings. The molecule has 0 aliphatic carbocycles. The molecule has 1 saturated heterocycles. The molecule has 128 valence electrons. The Kier molecular flexibility index (Phi) is 5.54. The molecule has 0 bridgehead atoms. The van der Waals surface area contributed by atoms with Crippen LogP contribution in [-0.4, -0.2) is 39.4 Å². The van der Waals surface area contributed by atoms with E-state index >= 15 is 0 Å². The first kappa shape index (κ1) is 16.7. The van der Waals surface area contributed by atoms with Crippen LogP contribution in [-0.2, 0) is 4.74 Å². The number of hydrogen-bond acceptors (Lipinski definition) is 3. The Bertz CT molecular complexity index is 516. The normalized spacial score (nSPS) is 27.3. The second-order valence-electron chi connectivity index (χ2n) is 6.83. The summed E-state index contributed by atoms with van der Waals surface area (Å²) in [6, 6.07) is 6.02. The van der Waals surface area contributed by atoms with Crippen LogP contribution in [0, 0.1) is 11.7 Å². The first-order chi connectivity index (χ1) is 11.3. The summed E-state index contributed by atoms with van der Waals surface area (Å²) in [5, 5.41) is 3.54. The number of rotatable bonds is 6. The van der Waals surface area contributed by atoms with Crippen LogP contribution in [0.3, 0.4) is 0 Å². The van der Waals surface area contributed by atoms with Gasteiger partial charge in [0.25, 0.3) is 0 Å². The van der Waals surface area contributed by atoms with Gasteiger partial charge in [0.2, 0.25) is 0 Å². The summed E-state index contributed by atoms with van der Waals surface area (Å²) in [6.07, 6.45) is 4.47. The van der Waals surface area contributed by atoms with E-state index in [2.05, 4.69) is 23.2 Å². The number of nitrogens with zero attached hydrogens (tertiary/aromatic N) is 1. The summed E-state index contributed by atoms with van der Waals surface area (Å²) in [5.41, 5.74) is 2.06. The molecule has 2 heterocycles. The fourth-order valence-electron chi connectivity index (χ4n) is 4.54. The van der Waals surface area contributed by atoms with Gasteiger partial charge in [0.15, 0.2) is 0 Å². The first-order valence-electron chi connectivity index (χ1n) is 9.02. The highest BCUT2D eigenvalue weighted by Crippen LogP contribution is 2.47. The number of fused-ring (bicyclic) bond motifs is 1. The number of methoxy groups -OCH3 is 1. The lowest BCUT2D eigenvalue weighted by Crippen LogP contribution is -2.47. The van der Waals surface area contributed by atoms with Gasteiger partial charge in [-0.3, -0.25) is 0 Å². The molecule has 0 aromatic heterocycles. The maximum Gasteiger partial charge on any atom is 0.146 e. The second kappa shape index (κ2) is 7.63. The largest absolute Gasteiger partial charge is 0.385 e. The van der Waals surface area contributed by atoms with Crippen molar-refractivity contribution in [3.05, 3.63) is 29.6 Å². The SMILES string of the molecule is CCC1c2cccc(F)c2N(CCCOC)C1C1CCCNC1. The predicted molar refractivity (Wildman–Crippen MR) is 92.7 cm³/mol. The number of para-hydroxylation sites is 1. The van der Waals surface area contributed by atoms with Gasteiger partial charge in [-0.15, -0.1) is 0 Å². The molecular weight excluding hydrogens is 291 g/mol. The molecule has 3 unspecified atom stereocenters. The van der Waals surface area contributed by atoms with Crippen molar-refractivity contribution in [1.82, 2.24) is 5.32 Å². The van der Waals surface area contributed by atoms with Crippen molar-refractivity contribution in [3.8, 4) is 0 Å². The quantitative estimate of drug-likeness (QED) is 0.811. The predicted octanol–water partition coefficient (Wildman–Crippen LogP) is 3.54. The molecule has 0 spiro atoms. The van der Waals surface area contributed by atoms with E-state index in [9.17, 15) is 4.39 Å². The van der Waals surface area contributed by atoms with Gasteiger partial charge >= 0.3 is 0 Å². The van der Waals surface area contributed by atoms with Gasteiger partial charge in [0.05, 0.1) is 5.69 Å². The lowest BCUT2D eigenvalue weighted by atomic mass is 9.81. The van der Waals surface area contributed by atoms with Crippen LogP contribution in [0.5, 0.6) is 0 Å². The molecule has 3 rings (SSSR count). The van der Waals surface area contributed by atoms with Gasteiger partial charge in [-0.25, -0.2) is 4.39 Å². The van der Waals surface area contributed by atoms with E-state index < -0.39 is 0 Å². The molecule has 1 aromatic carbocycles. The molecule has 0 amide bonds. The monoisotopic (exact) mass is 320 g/mol. The van der Waals surface area contributed by atoms with Gasteiger partial charge < -0.3 is 15.0 Å². The molecule has 1 fully saturated rings. The Labute approximate surface area is 139 Å². The summed E-state index contributed by atoms with van der Waals surface area (Å²) in [6.45, 7) is 6.01. The highest BCUT2D eigenvalue weighted by molar-refractivity contribution is 5.63. The average Bonchev–Trinajstić information content (AvgIpc) is 2.91. The summed E-state index contributed by atoms with van der Waals surface area (Å²) in [4.78, 5) is 2.36. The van der Waals surface area contributed by atoms with Gasteiger partial charge in [-0.1, -0.05) is 19.1 Å². The number of benzene rings is 1. The van der Waals surface area contributed by atoms with Crippen LogP contribution in [0.2, 0.25) is 0 Å². The van der Waals surface area contributed by atoms with Crippen molar-refractivity contribution in [2.75, 3.05) is 38.3 Å². The lowest BCUT2D eigenvalue weighted by molar-refractivity contribution is 0.193. The molecule has 0 radical (unpaired) electrons. The third kappa shape index (κ3) is 3.24. The Balaban J connectivity index is 1.92. The maximum atomic E-state index is 14.6. The van der Waals surface area contributed by atoms with Crippen LogP contribution in [0.25, 0.3) is 0 Å². The van der Waals surface area contributed by atoms with Gasteiger partial charge in [0, 0.05) is 32.2 Å². The lowest BCUT2D eigenvalue weighted by Gasteiger charge is -2.38. The van der Waals surface area contributed by atoms with Crippen LogP contribution in [0.15, 0.2) is 18.2 Å². The van der Waals surface area contributed by atoms with Gasteiger partial charge in [0.1, 0.15) is 5.82 Å². The Morgan fingerprint density at radius 3 is 2.96 bits per heavy atom. The van der Waals surface area contributed by atoms with E-state index in [0.29, 0.717) is 17.9 Å². The number of halogens is 1. The van der Waals surface area contributed by atoms with Gasteiger partial charge in [-0.2, -0.15) is 0 Å². The Morgan fingerprint density at radius 2 is 2.26 bits per heavy atom. The fraction of sp³-hybridized carbons (Fsp3) is 0.684. The third-order valence-corrected chi connectivity index (χ3v) is 5.48. The molecule has 2 aliphatic heterocycles. The fourth-order valence-corrected chi connectivity index (χ4v) is 4.54. The Hall–Kier alpha value is -1.13. The van der Waals surface area contributed by atoms with Crippen molar-refractivity contribution in [2.24, 2.45) is 5.92 Å². The molecular formula is C19H29FN2O. The van der Waals surface area contributed by atoms with E-state index in [1.54, 1.807) is 13.2 Å². The minimum atomic E-state index is -0.0652. The van der Waals surface area contributed by atoms with Crippen LogP contribution < -0.4 is 10.2 Å². The minimum Gasteiger partial charge on any atom is -0.385 e. The van der Waals surface area contributed by atoms with Crippen molar-refractivity contribution in [3.63, 3.8) is 0 Å². The zero-order valence-corrected chi connectivity index (χ0v) is 14.4. The van der Waals surface area contributed by atoms with Crippen LogP contribution in [0.4, 0.5) is 10.1 Å². The van der Waals surface area contributed by atoms with Crippen molar-refractivity contribution < 1.29 is 9.13 Å². The standard InChI is InChI=1S/C19H29FN2O/c1-3-15-16-8-4-9-17(20)19(16)22(11-6-12-23-2)18(15)14-7-5-10-21-13-14/h4,8-9,14-15,18,21H,3,5-7,10-13H2,1-2H3. The summed E-state index contributed by atoms with van der Waals surface area (Å²) < 4.78 is 19.8. The van der Waals surface area contributed by atoms with Crippen molar-refractivity contribution in [2.45, 2.75) is 44.6 Å². The highest BCUT2D eigenvalue weighted by atomic mass is 19.1. The third-order valence-electron chi connectivity index (χ3n) is 5.48. The van der Waals surface area contributed by atoms with Gasteiger partial charge in [-0.05, 0) is 56.3 Å². The molecule has 2 aliphatic rings. The first-order valence-corrected chi connectivity index (χ1v) is 9.02. The summed E-state index contributed by atoms with van der Waals surface area (Å²) in [5.74, 6) is 0.973. The molecule has 4 heteroatoms. The topological polar surface area (TPSA) is 24.5 Å². The zero-order valence-electron chi connectivity index (χ0n) is 14.4. The minimum absolute atomic E-state index is 0.0652. The molecule has 23 heavy (non-hydrogen) atoms. The molecule has 1 N–H and O–H groups in total. The van der Waals surface area contributed by atoms with E-state index in [0.717, 1.165) is 44.8 Å². The van der Waals surface area contributed by atoms with Crippen molar-refractivity contribution >= 4 is 5.69 Å². The number of ether oxygens (including phenoxy) is 1. The average molecular weight is 320 g/mol. The van der Waals surface area contributed by atoms with Crippen LogP contribution in [0.1, 0.15) is 44.1 Å². The molecule has 3 atom stereocenters. The number of piperidine rings is 1. The van der Waals surface area contributed by atoms with Crippen molar-refractivity contribution in [1.29, 1.82) is 0 Å². The smallest absolute Gasteiger partial charge is 0.146 e. The number of hydrogen-bond donors (Lipinski definition) is 1. The van der Waals surface area contributed by atoms with E-state index in [4.69, 9.17) is 4.74 Å². The summed E-state index contributed by atoms with van der Waals surface area (Å²) in [7, 11) is 1.73. The van der Waals surface area contributed by atoms with Crippen LogP contribution >= 0.6 is 0 Å². The zero-order chi connectivity index (χ0) is 16.2. The summed E-state index contributed by atoms with van der Waals surface area (Å²) >= 11 is 0. The number of nitrogens with one attached hydrogen (secondary N) is 1. The molecule has 0 saturated carbocycles. The number of anilines is 1. The highest BCUT2D eigenvalue weighted by Gasteiger charge is 2.43. The van der Waals surface area contributed by atoms with E-state index in [-0.39, 0.29) is 5.82 Å². The Morgan fingerprint density at radius 1 is 1.39 bits per heavy atom. The van der Waals surface area contributed by atoms with E-state index in [1.807, 2.05) is 6.07 Å². The second-order valence-corrected chi connectivity index (χ2v) is 6.83. The molecule has 3 nitrogen and oxygen atoms in total.